The molecule has 1 heterocycles. The van der Waals surface area contributed by atoms with Gasteiger partial charge in [-0.2, -0.15) is 0 Å². The van der Waals surface area contributed by atoms with Crippen LogP contribution in [0.1, 0.15) is 62.1 Å². The first-order valence-electron chi connectivity index (χ1n) is 8.32. The lowest BCUT2D eigenvalue weighted by molar-refractivity contribution is 0.207. The van der Waals surface area contributed by atoms with Gasteiger partial charge in [0.15, 0.2) is 0 Å². The lowest BCUT2D eigenvalue weighted by Crippen LogP contribution is -2.34. The quantitative estimate of drug-likeness (QED) is 0.906. The summed E-state index contributed by atoms with van der Waals surface area (Å²) in [6.45, 7) is 5.54. The van der Waals surface area contributed by atoms with E-state index in [1.165, 1.54) is 56.3 Å². The minimum absolute atomic E-state index is 0.416. The molecule has 3 rings (SSSR count). The van der Waals surface area contributed by atoms with E-state index in [-0.39, 0.29) is 0 Å². The van der Waals surface area contributed by atoms with Crippen molar-refractivity contribution in [2.75, 3.05) is 19.6 Å². The third-order valence-electron chi connectivity index (χ3n) is 5.06. The number of rotatable bonds is 4. The molecule has 2 fully saturated rings. The maximum atomic E-state index is 6.12. The first-order valence-corrected chi connectivity index (χ1v) is 8.32. The summed E-state index contributed by atoms with van der Waals surface area (Å²) in [6.07, 6.45) is 6.75. The molecule has 2 aliphatic rings. The molecule has 1 aliphatic carbocycles. The van der Waals surface area contributed by atoms with Crippen molar-refractivity contribution in [2.24, 2.45) is 11.7 Å². The van der Waals surface area contributed by atoms with E-state index in [1.807, 2.05) is 0 Å². The second kappa shape index (κ2) is 6.28. The van der Waals surface area contributed by atoms with Crippen LogP contribution in [0.4, 0.5) is 0 Å². The highest BCUT2D eigenvalue weighted by atomic mass is 15.2. The van der Waals surface area contributed by atoms with Crippen LogP contribution in [0.25, 0.3) is 0 Å². The smallest absolute Gasteiger partial charge is 0.0470 e. The van der Waals surface area contributed by atoms with Crippen molar-refractivity contribution in [1.29, 1.82) is 0 Å². The van der Waals surface area contributed by atoms with Crippen molar-refractivity contribution in [1.82, 2.24) is 4.90 Å². The van der Waals surface area contributed by atoms with Crippen LogP contribution in [-0.4, -0.2) is 24.5 Å². The van der Waals surface area contributed by atoms with Crippen molar-refractivity contribution in [3.63, 3.8) is 0 Å². The summed E-state index contributed by atoms with van der Waals surface area (Å²) in [6, 6.07) is 9.63. The molecular formula is C18H28N2. The molecule has 2 nitrogen and oxygen atoms in total. The Kier molecular flexibility index (Phi) is 4.42. The van der Waals surface area contributed by atoms with Gasteiger partial charge >= 0.3 is 0 Å². The molecule has 1 saturated carbocycles. The maximum absolute atomic E-state index is 6.12. The average molecular weight is 272 g/mol. The van der Waals surface area contributed by atoms with Gasteiger partial charge in [0.1, 0.15) is 0 Å². The Morgan fingerprint density at radius 3 is 2.80 bits per heavy atom. The van der Waals surface area contributed by atoms with Crippen LogP contribution in [0.3, 0.4) is 0 Å². The van der Waals surface area contributed by atoms with E-state index in [9.17, 15) is 0 Å². The Balaban J connectivity index is 1.76. The Morgan fingerprint density at radius 1 is 1.20 bits per heavy atom. The van der Waals surface area contributed by atoms with E-state index < -0.39 is 0 Å². The van der Waals surface area contributed by atoms with Gasteiger partial charge in [-0.3, -0.25) is 4.90 Å². The van der Waals surface area contributed by atoms with Gasteiger partial charge in [-0.1, -0.05) is 31.2 Å². The summed E-state index contributed by atoms with van der Waals surface area (Å²) in [5.41, 5.74) is 9.09. The van der Waals surface area contributed by atoms with Gasteiger partial charge in [-0.15, -0.1) is 0 Å². The summed E-state index contributed by atoms with van der Waals surface area (Å²) in [7, 11) is 0. The predicted molar refractivity (Wildman–Crippen MR) is 84.8 cm³/mol. The van der Waals surface area contributed by atoms with Crippen LogP contribution >= 0.6 is 0 Å². The first-order chi connectivity index (χ1) is 9.78. The van der Waals surface area contributed by atoms with Crippen LogP contribution in [0, 0.1) is 5.92 Å². The largest absolute Gasteiger partial charge is 0.329 e. The second-order valence-corrected chi connectivity index (χ2v) is 6.77. The van der Waals surface area contributed by atoms with Crippen molar-refractivity contribution in [3.05, 3.63) is 35.4 Å². The molecule has 0 bridgehead atoms. The third-order valence-corrected chi connectivity index (χ3v) is 5.06. The third kappa shape index (κ3) is 3.24. The zero-order valence-corrected chi connectivity index (χ0v) is 12.7. The van der Waals surface area contributed by atoms with Crippen LogP contribution in [0.5, 0.6) is 0 Å². The normalized spacial score (nSPS) is 26.2. The van der Waals surface area contributed by atoms with Crippen LogP contribution in [0.2, 0.25) is 0 Å². The van der Waals surface area contributed by atoms with E-state index in [4.69, 9.17) is 5.73 Å². The minimum atomic E-state index is 0.416. The molecule has 0 aromatic heterocycles. The van der Waals surface area contributed by atoms with Crippen LogP contribution < -0.4 is 5.73 Å². The molecule has 2 N–H and O–H groups in total. The van der Waals surface area contributed by atoms with Gasteiger partial charge < -0.3 is 5.73 Å². The molecule has 2 atom stereocenters. The highest BCUT2D eigenvalue weighted by Crippen LogP contribution is 2.41. The van der Waals surface area contributed by atoms with Crippen LogP contribution in [0.15, 0.2) is 24.3 Å². The highest BCUT2D eigenvalue weighted by Gasteiger charge is 2.26. The van der Waals surface area contributed by atoms with E-state index in [0.29, 0.717) is 6.04 Å². The van der Waals surface area contributed by atoms with E-state index in [0.717, 1.165) is 18.4 Å². The summed E-state index contributed by atoms with van der Waals surface area (Å²) >= 11 is 0. The Labute approximate surface area is 123 Å². The number of nitrogens with two attached hydrogens (primary N) is 1. The van der Waals surface area contributed by atoms with Crippen molar-refractivity contribution >= 4 is 0 Å². The van der Waals surface area contributed by atoms with E-state index in [1.54, 1.807) is 0 Å². The van der Waals surface area contributed by atoms with Gasteiger partial charge in [-0.05, 0) is 68.2 Å². The fraction of sp³-hybridized carbons (Fsp3) is 0.667. The van der Waals surface area contributed by atoms with Gasteiger partial charge in [0.05, 0.1) is 0 Å². The monoisotopic (exact) mass is 272 g/mol. The molecule has 2 heteroatoms. The fourth-order valence-electron chi connectivity index (χ4n) is 3.53. The number of hydrogen-bond acceptors (Lipinski definition) is 2. The lowest BCUT2D eigenvalue weighted by Gasteiger charge is -2.30. The van der Waals surface area contributed by atoms with Gasteiger partial charge in [0.25, 0.3) is 0 Å². The molecule has 0 spiro atoms. The van der Waals surface area contributed by atoms with E-state index in [2.05, 4.69) is 36.1 Å². The number of hydrogen-bond donors (Lipinski definition) is 1. The number of likely N-dealkylation sites (tertiary alicyclic amines) is 1. The van der Waals surface area contributed by atoms with Gasteiger partial charge in [-0.25, -0.2) is 0 Å². The summed E-state index contributed by atoms with van der Waals surface area (Å²) in [5.74, 6) is 1.70. The van der Waals surface area contributed by atoms with Crippen molar-refractivity contribution < 1.29 is 0 Å². The lowest BCUT2D eigenvalue weighted by atomic mass is 10.00. The molecule has 1 aromatic rings. The number of nitrogens with zero attached hydrogens (tertiary/aromatic N) is 1. The minimum Gasteiger partial charge on any atom is -0.329 e. The van der Waals surface area contributed by atoms with Gasteiger partial charge in [0.2, 0.25) is 0 Å². The summed E-state index contributed by atoms with van der Waals surface area (Å²) < 4.78 is 0. The molecule has 1 aromatic carbocycles. The zero-order chi connectivity index (χ0) is 13.9. The zero-order valence-electron chi connectivity index (χ0n) is 12.7. The Bertz CT molecular complexity index is 439. The van der Waals surface area contributed by atoms with Crippen LogP contribution in [-0.2, 0) is 0 Å². The number of benzene rings is 1. The average Bonchev–Trinajstić information content (AvgIpc) is 3.29. The summed E-state index contributed by atoms with van der Waals surface area (Å²) in [5, 5.41) is 0. The van der Waals surface area contributed by atoms with Gasteiger partial charge in [0, 0.05) is 12.6 Å². The molecule has 1 aliphatic heterocycles. The maximum Gasteiger partial charge on any atom is 0.0470 e. The molecule has 1 saturated heterocycles. The summed E-state index contributed by atoms with van der Waals surface area (Å²) in [4.78, 5) is 2.62. The predicted octanol–water partition coefficient (Wildman–Crippen LogP) is 3.69. The molecule has 20 heavy (non-hydrogen) atoms. The van der Waals surface area contributed by atoms with E-state index >= 15 is 0 Å². The Morgan fingerprint density at radius 2 is 2.05 bits per heavy atom. The molecule has 0 radical (unpaired) electrons. The van der Waals surface area contributed by atoms with Crippen molar-refractivity contribution in [3.8, 4) is 0 Å². The fourth-order valence-corrected chi connectivity index (χ4v) is 3.53. The standard InChI is InChI=1S/C18H28N2/c1-14-4-3-10-20(11-9-14)18(13-19)17-6-2-5-16(12-17)15-7-8-15/h2,5-6,12,14-15,18H,3-4,7-11,13,19H2,1H3. The molecule has 0 amide bonds. The first kappa shape index (κ1) is 14.1. The second-order valence-electron chi connectivity index (χ2n) is 6.77. The van der Waals surface area contributed by atoms with Crippen molar-refractivity contribution in [2.45, 2.75) is 51.0 Å². The molecule has 2 unspecified atom stereocenters. The highest BCUT2D eigenvalue weighted by molar-refractivity contribution is 5.31. The SMILES string of the molecule is CC1CCCN(C(CN)c2cccc(C3CC3)c2)CC1. The molecule has 110 valence electrons. The molecular weight excluding hydrogens is 244 g/mol. The topological polar surface area (TPSA) is 29.3 Å². The Hall–Kier alpha value is -0.860.